The summed E-state index contributed by atoms with van der Waals surface area (Å²) in [5.74, 6) is -0.0598. The van der Waals surface area contributed by atoms with Gasteiger partial charge >= 0.3 is 5.97 Å². The zero-order chi connectivity index (χ0) is 20.6. The molecule has 0 unspecified atom stereocenters. The molecule has 29 heavy (non-hydrogen) atoms. The Morgan fingerprint density at radius 3 is 2.66 bits per heavy atom. The summed E-state index contributed by atoms with van der Waals surface area (Å²) >= 11 is 0. The monoisotopic (exact) mass is 395 g/mol. The number of aromatic nitrogens is 2. The molecule has 0 aliphatic heterocycles. The zero-order valence-corrected chi connectivity index (χ0v) is 16.7. The number of nitrogens with zero attached hydrogens (tertiary/aromatic N) is 2. The Hall–Kier alpha value is -3.35. The lowest BCUT2D eigenvalue weighted by atomic mass is 10.2. The van der Waals surface area contributed by atoms with Gasteiger partial charge < -0.3 is 14.5 Å². The van der Waals surface area contributed by atoms with Crippen molar-refractivity contribution < 1.29 is 18.7 Å². The molecule has 0 bridgehead atoms. The third-order valence-corrected chi connectivity index (χ3v) is 4.69. The number of aryl methyl sites for hydroxylation is 2. The van der Waals surface area contributed by atoms with Gasteiger partial charge in [-0.2, -0.15) is 5.10 Å². The minimum absolute atomic E-state index is 0.172. The molecule has 1 N–H and O–H groups in total. The highest BCUT2D eigenvalue weighted by Gasteiger charge is 2.14. The molecular formula is C22H25N3O4. The van der Waals surface area contributed by atoms with Gasteiger partial charge in [-0.05, 0) is 31.5 Å². The minimum Gasteiger partial charge on any atom is -0.469 e. The van der Waals surface area contributed by atoms with Crippen molar-refractivity contribution in [3.8, 4) is 0 Å². The van der Waals surface area contributed by atoms with E-state index in [-0.39, 0.29) is 18.9 Å². The van der Waals surface area contributed by atoms with Crippen molar-refractivity contribution in [1.29, 1.82) is 0 Å². The van der Waals surface area contributed by atoms with Gasteiger partial charge in [0.05, 0.1) is 24.9 Å². The van der Waals surface area contributed by atoms with Crippen molar-refractivity contribution >= 4 is 11.9 Å². The standard InChI is InChI=1S/C22H25N3O4/c1-16-20(17(2)25(24-16)14-18-7-4-3-5-8-18)13-23-21(26)15-29-22(27)11-10-19-9-6-12-28-19/h3-9,12H,10-11,13-15H2,1-2H3,(H,23,26). The summed E-state index contributed by atoms with van der Waals surface area (Å²) in [5, 5.41) is 7.37. The number of amides is 1. The highest BCUT2D eigenvalue weighted by molar-refractivity contribution is 5.80. The van der Waals surface area contributed by atoms with E-state index < -0.39 is 5.97 Å². The smallest absolute Gasteiger partial charge is 0.306 e. The molecule has 0 aliphatic carbocycles. The van der Waals surface area contributed by atoms with Crippen molar-refractivity contribution in [3.63, 3.8) is 0 Å². The number of rotatable bonds is 9. The Bertz CT molecular complexity index is 946. The first kappa shape index (κ1) is 20.4. The molecule has 0 aliphatic rings. The molecule has 0 spiro atoms. The predicted octanol–water partition coefficient (Wildman–Crippen LogP) is 2.93. The SMILES string of the molecule is Cc1nn(Cc2ccccc2)c(C)c1CNC(=O)COC(=O)CCc1ccco1. The number of carbonyl (C=O) groups excluding carboxylic acids is 2. The van der Waals surface area contributed by atoms with E-state index in [4.69, 9.17) is 9.15 Å². The molecule has 1 aromatic carbocycles. The second-order valence-corrected chi connectivity index (χ2v) is 6.81. The van der Waals surface area contributed by atoms with Crippen LogP contribution in [0.15, 0.2) is 53.1 Å². The zero-order valence-electron chi connectivity index (χ0n) is 16.7. The second-order valence-electron chi connectivity index (χ2n) is 6.81. The first-order chi connectivity index (χ1) is 14.0. The Morgan fingerprint density at radius 2 is 1.93 bits per heavy atom. The largest absolute Gasteiger partial charge is 0.469 e. The molecular weight excluding hydrogens is 370 g/mol. The molecule has 0 saturated heterocycles. The summed E-state index contributed by atoms with van der Waals surface area (Å²) in [6.07, 6.45) is 2.18. The summed E-state index contributed by atoms with van der Waals surface area (Å²) in [7, 11) is 0. The molecule has 0 atom stereocenters. The molecule has 0 fully saturated rings. The van der Waals surface area contributed by atoms with E-state index in [1.807, 2.05) is 36.7 Å². The molecule has 0 saturated carbocycles. The third-order valence-electron chi connectivity index (χ3n) is 4.69. The van der Waals surface area contributed by atoms with E-state index in [2.05, 4.69) is 22.5 Å². The molecule has 2 aromatic heterocycles. The van der Waals surface area contributed by atoms with E-state index >= 15 is 0 Å². The molecule has 3 rings (SSSR count). The average Bonchev–Trinajstić information content (AvgIpc) is 3.33. The summed E-state index contributed by atoms with van der Waals surface area (Å²) < 4.78 is 12.1. The van der Waals surface area contributed by atoms with Gasteiger partial charge in [0.25, 0.3) is 5.91 Å². The highest BCUT2D eigenvalue weighted by Crippen LogP contribution is 2.14. The Balaban J connectivity index is 1.45. The quantitative estimate of drug-likeness (QED) is 0.563. The van der Waals surface area contributed by atoms with Crippen LogP contribution in [-0.2, 0) is 33.8 Å². The molecule has 3 aromatic rings. The van der Waals surface area contributed by atoms with Gasteiger partial charge in [0.15, 0.2) is 6.61 Å². The van der Waals surface area contributed by atoms with Crippen molar-refractivity contribution in [2.45, 2.75) is 39.8 Å². The summed E-state index contributed by atoms with van der Waals surface area (Å²) in [6.45, 7) is 4.63. The number of hydrogen-bond acceptors (Lipinski definition) is 5. The first-order valence-electron chi connectivity index (χ1n) is 9.54. The van der Waals surface area contributed by atoms with Crippen LogP contribution in [0.25, 0.3) is 0 Å². The topological polar surface area (TPSA) is 86.4 Å². The van der Waals surface area contributed by atoms with Gasteiger partial charge in [0.1, 0.15) is 5.76 Å². The van der Waals surface area contributed by atoms with Gasteiger partial charge in [-0.3, -0.25) is 14.3 Å². The predicted molar refractivity (Wildman–Crippen MR) is 107 cm³/mol. The van der Waals surface area contributed by atoms with E-state index in [9.17, 15) is 9.59 Å². The van der Waals surface area contributed by atoms with Crippen LogP contribution in [-0.4, -0.2) is 28.3 Å². The van der Waals surface area contributed by atoms with Crippen LogP contribution in [0.2, 0.25) is 0 Å². The van der Waals surface area contributed by atoms with Crippen LogP contribution in [0.1, 0.15) is 34.7 Å². The maximum atomic E-state index is 12.0. The Labute approximate surface area is 169 Å². The molecule has 7 nitrogen and oxygen atoms in total. The van der Waals surface area contributed by atoms with Gasteiger partial charge in [0.2, 0.25) is 0 Å². The Kier molecular flexibility index (Phi) is 6.84. The number of ether oxygens (including phenoxy) is 1. The number of nitrogens with one attached hydrogen (secondary N) is 1. The highest BCUT2D eigenvalue weighted by atomic mass is 16.5. The Morgan fingerprint density at radius 1 is 1.14 bits per heavy atom. The number of benzene rings is 1. The maximum Gasteiger partial charge on any atom is 0.306 e. The van der Waals surface area contributed by atoms with Gasteiger partial charge in [-0.15, -0.1) is 0 Å². The van der Waals surface area contributed by atoms with Crippen molar-refractivity contribution in [1.82, 2.24) is 15.1 Å². The molecule has 2 heterocycles. The van der Waals surface area contributed by atoms with Crippen molar-refractivity contribution in [3.05, 3.63) is 77.0 Å². The summed E-state index contributed by atoms with van der Waals surface area (Å²) in [4.78, 5) is 23.8. The lowest BCUT2D eigenvalue weighted by Crippen LogP contribution is -2.28. The van der Waals surface area contributed by atoms with Crippen LogP contribution in [0.3, 0.4) is 0 Å². The van der Waals surface area contributed by atoms with Gasteiger partial charge in [-0.1, -0.05) is 30.3 Å². The average molecular weight is 395 g/mol. The van der Waals surface area contributed by atoms with E-state index in [0.717, 1.165) is 22.5 Å². The van der Waals surface area contributed by atoms with Gasteiger partial charge in [0, 0.05) is 24.2 Å². The van der Waals surface area contributed by atoms with E-state index in [0.29, 0.717) is 25.3 Å². The molecule has 152 valence electrons. The fourth-order valence-corrected chi connectivity index (χ4v) is 3.04. The number of carbonyl (C=O) groups is 2. The van der Waals surface area contributed by atoms with E-state index in [1.54, 1.807) is 18.4 Å². The molecule has 7 heteroatoms. The van der Waals surface area contributed by atoms with Crippen molar-refractivity contribution in [2.24, 2.45) is 0 Å². The van der Waals surface area contributed by atoms with E-state index in [1.165, 1.54) is 0 Å². The van der Waals surface area contributed by atoms with Crippen LogP contribution >= 0.6 is 0 Å². The number of hydrogen-bond donors (Lipinski definition) is 1. The van der Waals surface area contributed by atoms with Crippen molar-refractivity contribution in [2.75, 3.05) is 6.61 Å². The van der Waals surface area contributed by atoms with Crippen LogP contribution in [0.5, 0.6) is 0 Å². The summed E-state index contributed by atoms with van der Waals surface area (Å²) in [6, 6.07) is 13.6. The normalized spacial score (nSPS) is 10.7. The van der Waals surface area contributed by atoms with Crippen LogP contribution < -0.4 is 5.32 Å². The third kappa shape index (κ3) is 5.81. The van der Waals surface area contributed by atoms with Crippen LogP contribution in [0.4, 0.5) is 0 Å². The maximum absolute atomic E-state index is 12.0. The number of furan rings is 1. The fourth-order valence-electron chi connectivity index (χ4n) is 3.04. The van der Waals surface area contributed by atoms with Crippen LogP contribution in [0, 0.1) is 13.8 Å². The molecule has 1 amide bonds. The fraction of sp³-hybridized carbons (Fsp3) is 0.318. The number of esters is 1. The minimum atomic E-state index is -0.431. The lowest BCUT2D eigenvalue weighted by Gasteiger charge is -2.08. The second kappa shape index (κ2) is 9.73. The first-order valence-corrected chi connectivity index (χ1v) is 9.54. The van der Waals surface area contributed by atoms with Gasteiger partial charge in [-0.25, -0.2) is 0 Å². The molecule has 0 radical (unpaired) electrons. The summed E-state index contributed by atoms with van der Waals surface area (Å²) in [5.41, 5.74) is 4.00. The lowest BCUT2D eigenvalue weighted by molar-refractivity contribution is -0.148.